The van der Waals surface area contributed by atoms with Crippen molar-refractivity contribution in [2.24, 2.45) is 20.0 Å². The van der Waals surface area contributed by atoms with Crippen molar-refractivity contribution in [2.75, 3.05) is 18.5 Å². The third-order valence-corrected chi connectivity index (χ3v) is 4.84. The van der Waals surface area contributed by atoms with Gasteiger partial charge in [-0.3, -0.25) is 13.9 Å². The number of benzene rings is 1. The van der Waals surface area contributed by atoms with E-state index in [4.69, 9.17) is 4.74 Å². The number of anilines is 1. The lowest BCUT2D eigenvalue weighted by molar-refractivity contribution is 0.0938. The number of nitrogens with zero attached hydrogens (tertiary/aromatic N) is 4. The maximum absolute atomic E-state index is 12.8. The van der Waals surface area contributed by atoms with Crippen LogP contribution in [0.3, 0.4) is 0 Å². The van der Waals surface area contributed by atoms with Crippen molar-refractivity contribution in [1.29, 1.82) is 0 Å². The topological polar surface area (TPSA) is 103 Å². The summed E-state index contributed by atoms with van der Waals surface area (Å²) in [5, 5.41) is 13.8. The second-order valence-corrected chi connectivity index (χ2v) is 7.98. The van der Waals surface area contributed by atoms with E-state index in [9.17, 15) is 14.7 Å². The number of fused-ring (bicyclic) bond motifs is 1. The molecule has 2 N–H and O–H groups in total. The highest BCUT2D eigenvalue weighted by Gasteiger charge is 2.21. The van der Waals surface area contributed by atoms with Crippen LogP contribution in [0.1, 0.15) is 19.4 Å². The first-order chi connectivity index (χ1) is 14.2. The molecule has 1 atom stereocenters. The van der Waals surface area contributed by atoms with Crippen LogP contribution in [0.5, 0.6) is 5.75 Å². The summed E-state index contributed by atoms with van der Waals surface area (Å²) < 4.78 is 9.71. The number of aliphatic hydroxyl groups excluding tert-OH is 1. The van der Waals surface area contributed by atoms with E-state index in [0.29, 0.717) is 24.2 Å². The normalized spacial score (nSPS) is 12.5. The molecule has 0 aliphatic heterocycles. The molecule has 9 nitrogen and oxygen atoms in total. The Bertz CT molecular complexity index is 1160. The minimum atomic E-state index is -0.885. The Labute approximate surface area is 174 Å². The molecule has 0 saturated heterocycles. The van der Waals surface area contributed by atoms with E-state index in [1.807, 2.05) is 31.2 Å². The van der Waals surface area contributed by atoms with E-state index >= 15 is 0 Å². The van der Waals surface area contributed by atoms with Crippen molar-refractivity contribution >= 4 is 17.1 Å². The van der Waals surface area contributed by atoms with Gasteiger partial charge in [0.15, 0.2) is 11.2 Å². The molecular weight excluding hydrogens is 386 g/mol. The van der Waals surface area contributed by atoms with Gasteiger partial charge in [-0.25, -0.2) is 4.79 Å². The molecular formula is C21H29N5O4. The van der Waals surface area contributed by atoms with Gasteiger partial charge in [0.25, 0.3) is 5.56 Å². The van der Waals surface area contributed by atoms with Crippen LogP contribution in [0.15, 0.2) is 33.9 Å². The van der Waals surface area contributed by atoms with Crippen LogP contribution in [-0.2, 0) is 20.6 Å². The van der Waals surface area contributed by atoms with Crippen LogP contribution in [0, 0.1) is 12.8 Å². The Kier molecular flexibility index (Phi) is 6.31. The number of ether oxygens (including phenoxy) is 1. The molecule has 162 valence electrons. The number of imidazole rings is 1. The monoisotopic (exact) mass is 415 g/mol. The summed E-state index contributed by atoms with van der Waals surface area (Å²) in [6, 6.07) is 7.57. The van der Waals surface area contributed by atoms with Crippen molar-refractivity contribution in [3.63, 3.8) is 0 Å². The highest BCUT2D eigenvalue weighted by atomic mass is 16.5. The summed E-state index contributed by atoms with van der Waals surface area (Å²) in [6.07, 6.45) is -0.885. The molecule has 0 radical (unpaired) electrons. The smallest absolute Gasteiger partial charge is 0.332 e. The number of aromatic nitrogens is 4. The van der Waals surface area contributed by atoms with Crippen LogP contribution in [0.4, 0.5) is 5.95 Å². The quantitative estimate of drug-likeness (QED) is 0.574. The van der Waals surface area contributed by atoms with E-state index < -0.39 is 17.4 Å². The molecule has 9 heteroatoms. The van der Waals surface area contributed by atoms with Gasteiger partial charge in [-0.15, -0.1) is 0 Å². The molecule has 0 aliphatic carbocycles. The Balaban J connectivity index is 1.94. The van der Waals surface area contributed by atoms with Gasteiger partial charge < -0.3 is 19.7 Å². The zero-order valence-electron chi connectivity index (χ0n) is 18.0. The summed E-state index contributed by atoms with van der Waals surface area (Å²) in [6.45, 7) is 6.86. The second-order valence-electron chi connectivity index (χ2n) is 7.98. The fourth-order valence-electron chi connectivity index (χ4n) is 3.22. The molecule has 1 aromatic carbocycles. The maximum Gasteiger partial charge on any atom is 0.332 e. The number of hydrogen-bond acceptors (Lipinski definition) is 6. The Morgan fingerprint density at radius 1 is 1.20 bits per heavy atom. The highest BCUT2D eigenvalue weighted by Crippen LogP contribution is 2.18. The molecule has 0 unspecified atom stereocenters. The molecule has 0 bridgehead atoms. The van der Waals surface area contributed by atoms with Crippen molar-refractivity contribution in [1.82, 2.24) is 18.7 Å². The van der Waals surface area contributed by atoms with Gasteiger partial charge in [0, 0.05) is 20.6 Å². The van der Waals surface area contributed by atoms with Crippen LogP contribution in [0.2, 0.25) is 0 Å². The molecule has 3 aromatic rings. The first-order valence-electron chi connectivity index (χ1n) is 9.96. The fraction of sp³-hybridized carbons (Fsp3) is 0.476. The Morgan fingerprint density at radius 2 is 1.93 bits per heavy atom. The van der Waals surface area contributed by atoms with E-state index in [-0.39, 0.29) is 24.3 Å². The number of aryl methyl sites for hydroxylation is 2. The fourth-order valence-corrected chi connectivity index (χ4v) is 3.22. The van der Waals surface area contributed by atoms with Crippen LogP contribution < -0.4 is 21.3 Å². The Hall–Kier alpha value is -3.07. The molecule has 3 rings (SSSR count). The van der Waals surface area contributed by atoms with Gasteiger partial charge in [0.1, 0.15) is 18.5 Å². The van der Waals surface area contributed by atoms with Gasteiger partial charge in [-0.05, 0) is 30.5 Å². The summed E-state index contributed by atoms with van der Waals surface area (Å²) in [7, 11) is 3.00. The number of rotatable bonds is 8. The third kappa shape index (κ3) is 4.40. The molecule has 0 amide bonds. The van der Waals surface area contributed by atoms with E-state index in [0.717, 1.165) is 10.1 Å². The van der Waals surface area contributed by atoms with Gasteiger partial charge in [0.2, 0.25) is 5.95 Å². The molecule has 2 heterocycles. The van der Waals surface area contributed by atoms with Crippen molar-refractivity contribution in [3.05, 3.63) is 50.7 Å². The summed E-state index contributed by atoms with van der Waals surface area (Å²) in [4.78, 5) is 29.6. The van der Waals surface area contributed by atoms with Crippen molar-refractivity contribution in [2.45, 2.75) is 33.4 Å². The highest BCUT2D eigenvalue weighted by molar-refractivity contribution is 5.74. The first kappa shape index (κ1) is 21.6. The predicted octanol–water partition coefficient (Wildman–Crippen LogP) is 1.25. The number of hydrogen-bond donors (Lipinski definition) is 2. The van der Waals surface area contributed by atoms with E-state index in [2.05, 4.69) is 24.1 Å². The van der Waals surface area contributed by atoms with E-state index in [1.54, 1.807) is 11.6 Å². The standard InChI is InChI=1S/C21H29N5O4/c1-13(2)10-22-20-23-18-17(19(28)25(5)21(29)24(18)4)26(20)11-15(27)12-30-16-8-6-7-14(3)9-16/h6-9,13,15,27H,10-12H2,1-5H3,(H,22,23)/t15-/m0/s1. The molecule has 0 aliphatic rings. The van der Waals surface area contributed by atoms with Gasteiger partial charge in [-0.2, -0.15) is 4.98 Å². The second kappa shape index (κ2) is 8.74. The lowest BCUT2D eigenvalue weighted by Gasteiger charge is -2.16. The van der Waals surface area contributed by atoms with Crippen LogP contribution in [-0.4, -0.2) is 43.0 Å². The van der Waals surface area contributed by atoms with Gasteiger partial charge >= 0.3 is 5.69 Å². The zero-order valence-corrected chi connectivity index (χ0v) is 18.0. The zero-order chi connectivity index (χ0) is 22.0. The van der Waals surface area contributed by atoms with Crippen molar-refractivity contribution in [3.8, 4) is 5.75 Å². The average molecular weight is 415 g/mol. The minimum absolute atomic E-state index is 0.0544. The van der Waals surface area contributed by atoms with Gasteiger partial charge in [0.05, 0.1) is 6.54 Å². The lowest BCUT2D eigenvalue weighted by Crippen LogP contribution is -2.38. The predicted molar refractivity (Wildman–Crippen MR) is 116 cm³/mol. The number of aliphatic hydroxyl groups is 1. The molecule has 0 saturated carbocycles. The molecule has 0 fully saturated rings. The molecule has 0 spiro atoms. The average Bonchev–Trinajstić information content (AvgIpc) is 3.06. The largest absolute Gasteiger partial charge is 0.491 e. The first-order valence-corrected chi connectivity index (χ1v) is 9.96. The maximum atomic E-state index is 12.8. The SMILES string of the molecule is Cc1cccc(OC[C@@H](O)Cn2c(NCC(C)C)nc3c2c(=O)n(C)c(=O)n3C)c1. The van der Waals surface area contributed by atoms with Crippen molar-refractivity contribution < 1.29 is 9.84 Å². The molecule has 30 heavy (non-hydrogen) atoms. The summed E-state index contributed by atoms with van der Waals surface area (Å²) >= 11 is 0. The summed E-state index contributed by atoms with van der Waals surface area (Å²) in [5.74, 6) is 1.45. The minimum Gasteiger partial charge on any atom is -0.491 e. The number of nitrogens with one attached hydrogen (secondary N) is 1. The van der Waals surface area contributed by atoms with Crippen LogP contribution in [0.25, 0.3) is 11.2 Å². The lowest BCUT2D eigenvalue weighted by atomic mass is 10.2. The molecule has 2 aromatic heterocycles. The third-order valence-electron chi connectivity index (χ3n) is 4.84. The van der Waals surface area contributed by atoms with E-state index in [1.165, 1.54) is 11.6 Å². The summed E-state index contributed by atoms with van der Waals surface area (Å²) in [5.41, 5.74) is 0.703. The van der Waals surface area contributed by atoms with Crippen LogP contribution >= 0.6 is 0 Å². The van der Waals surface area contributed by atoms with Gasteiger partial charge in [-0.1, -0.05) is 26.0 Å². The Morgan fingerprint density at radius 3 is 2.60 bits per heavy atom.